The number of guanidine groups is 1. The molecule has 0 saturated heterocycles. The van der Waals surface area contributed by atoms with E-state index >= 15 is 0 Å². The number of halogens is 3. The van der Waals surface area contributed by atoms with Gasteiger partial charge in [0, 0.05) is 23.8 Å². The lowest BCUT2D eigenvalue weighted by Crippen LogP contribution is -2.38. The molecule has 1 aromatic carbocycles. The van der Waals surface area contributed by atoms with Crippen LogP contribution < -0.4 is 10.6 Å². The molecule has 4 nitrogen and oxygen atoms in total. The van der Waals surface area contributed by atoms with Gasteiger partial charge in [-0.2, -0.15) is 0 Å². The van der Waals surface area contributed by atoms with Crippen LogP contribution in [-0.2, 0) is 13.0 Å². The average Bonchev–Trinajstić information content (AvgIpc) is 2.56. The second-order valence-corrected chi connectivity index (χ2v) is 5.84. The zero-order valence-corrected chi connectivity index (χ0v) is 17.3. The predicted octanol–water partition coefficient (Wildman–Crippen LogP) is 3.90. The van der Waals surface area contributed by atoms with Gasteiger partial charge in [0.1, 0.15) is 5.82 Å². The Kier molecular flexibility index (Phi) is 9.85. The number of aliphatic imine (C=N–C) groups is 1. The van der Waals surface area contributed by atoms with E-state index in [2.05, 4.69) is 36.5 Å². The van der Waals surface area contributed by atoms with Crippen LogP contribution in [0.1, 0.15) is 18.2 Å². The number of hydrogen-bond acceptors (Lipinski definition) is 2. The third-order valence-corrected chi connectivity index (χ3v) is 3.66. The summed E-state index contributed by atoms with van der Waals surface area (Å²) < 4.78 is 14.6. The summed E-state index contributed by atoms with van der Waals surface area (Å²) in [6.07, 6.45) is 2.33. The van der Waals surface area contributed by atoms with Crippen molar-refractivity contribution in [1.29, 1.82) is 0 Å². The Hall–Kier alpha value is -1.22. The van der Waals surface area contributed by atoms with E-state index in [0.29, 0.717) is 31.0 Å². The van der Waals surface area contributed by atoms with Crippen LogP contribution in [0.15, 0.2) is 52.1 Å². The van der Waals surface area contributed by atoms with Crippen molar-refractivity contribution in [1.82, 2.24) is 15.6 Å². The molecule has 0 aliphatic rings. The minimum Gasteiger partial charge on any atom is -0.357 e. The molecule has 0 aliphatic carbocycles. The lowest BCUT2D eigenvalue weighted by atomic mass is 10.1. The Morgan fingerprint density at radius 3 is 2.79 bits per heavy atom. The van der Waals surface area contributed by atoms with Crippen LogP contribution in [0.25, 0.3) is 0 Å². The minimum absolute atomic E-state index is 0. The second-order valence-electron chi connectivity index (χ2n) is 4.93. The van der Waals surface area contributed by atoms with Crippen LogP contribution in [0.5, 0.6) is 0 Å². The van der Waals surface area contributed by atoms with Gasteiger partial charge in [-0.15, -0.1) is 24.0 Å². The van der Waals surface area contributed by atoms with Gasteiger partial charge < -0.3 is 10.6 Å². The van der Waals surface area contributed by atoms with Gasteiger partial charge in [-0.25, -0.2) is 9.38 Å². The fourth-order valence-corrected chi connectivity index (χ4v) is 2.45. The number of nitrogens with one attached hydrogen (secondary N) is 2. The highest BCUT2D eigenvalue weighted by atomic mass is 127. The number of hydrogen-bond donors (Lipinski definition) is 2. The molecule has 0 radical (unpaired) electrons. The Morgan fingerprint density at radius 1 is 1.25 bits per heavy atom. The zero-order valence-electron chi connectivity index (χ0n) is 13.4. The summed E-state index contributed by atoms with van der Waals surface area (Å²) in [5.41, 5.74) is 1.58. The van der Waals surface area contributed by atoms with Crippen LogP contribution in [-0.4, -0.2) is 24.0 Å². The van der Waals surface area contributed by atoms with Gasteiger partial charge in [-0.05, 0) is 49.2 Å². The Morgan fingerprint density at radius 2 is 2.08 bits per heavy atom. The SMILES string of the molecule is CCNC(=NCc1ccccn1)NCCc1cc(Br)ccc1F.I. The molecule has 130 valence electrons. The Bertz CT molecular complexity index is 652. The molecule has 2 N–H and O–H groups in total. The van der Waals surface area contributed by atoms with Gasteiger partial charge in [-0.1, -0.05) is 22.0 Å². The first-order chi connectivity index (χ1) is 11.2. The average molecular weight is 507 g/mol. The van der Waals surface area contributed by atoms with Crippen LogP contribution in [0.3, 0.4) is 0 Å². The number of aromatic nitrogens is 1. The highest BCUT2D eigenvalue weighted by Crippen LogP contribution is 2.15. The molecular weight excluding hydrogens is 486 g/mol. The monoisotopic (exact) mass is 506 g/mol. The summed E-state index contributed by atoms with van der Waals surface area (Å²) in [6, 6.07) is 10.7. The maximum atomic E-state index is 13.7. The van der Waals surface area contributed by atoms with Crippen molar-refractivity contribution in [3.63, 3.8) is 0 Å². The molecule has 0 fully saturated rings. The third-order valence-electron chi connectivity index (χ3n) is 3.16. The smallest absolute Gasteiger partial charge is 0.191 e. The molecule has 2 aromatic rings. The number of pyridine rings is 1. The van der Waals surface area contributed by atoms with E-state index in [1.807, 2.05) is 25.1 Å². The zero-order chi connectivity index (χ0) is 16.5. The van der Waals surface area contributed by atoms with E-state index in [1.165, 1.54) is 6.07 Å². The van der Waals surface area contributed by atoms with Crippen LogP contribution in [0.2, 0.25) is 0 Å². The van der Waals surface area contributed by atoms with E-state index < -0.39 is 0 Å². The molecule has 0 spiro atoms. The highest BCUT2D eigenvalue weighted by Gasteiger charge is 2.04. The molecule has 0 aliphatic heterocycles. The van der Waals surface area contributed by atoms with Crippen molar-refractivity contribution in [2.75, 3.05) is 13.1 Å². The van der Waals surface area contributed by atoms with Crippen molar-refractivity contribution in [3.05, 3.63) is 64.1 Å². The van der Waals surface area contributed by atoms with E-state index in [-0.39, 0.29) is 29.8 Å². The molecule has 0 bridgehead atoms. The van der Waals surface area contributed by atoms with E-state index in [9.17, 15) is 4.39 Å². The van der Waals surface area contributed by atoms with E-state index in [0.717, 1.165) is 16.7 Å². The summed E-state index contributed by atoms with van der Waals surface area (Å²) in [6.45, 7) is 3.87. The first-order valence-corrected chi connectivity index (χ1v) is 8.34. The second kappa shape index (κ2) is 11.4. The summed E-state index contributed by atoms with van der Waals surface area (Å²) >= 11 is 3.36. The lowest BCUT2D eigenvalue weighted by Gasteiger charge is -2.11. The fourth-order valence-electron chi connectivity index (χ4n) is 2.04. The van der Waals surface area contributed by atoms with E-state index in [1.54, 1.807) is 18.3 Å². The Labute approximate surface area is 167 Å². The summed E-state index contributed by atoms with van der Waals surface area (Å²) in [5.74, 6) is 0.513. The van der Waals surface area contributed by atoms with Gasteiger partial charge in [0.25, 0.3) is 0 Å². The predicted molar refractivity (Wildman–Crippen MR) is 110 cm³/mol. The van der Waals surface area contributed by atoms with Crippen LogP contribution in [0.4, 0.5) is 4.39 Å². The summed E-state index contributed by atoms with van der Waals surface area (Å²) in [4.78, 5) is 8.73. The Balaban J connectivity index is 0.00000288. The van der Waals surface area contributed by atoms with Gasteiger partial charge >= 0.3 is 0 Å². The molecule has 7 heteroatoms. The van der Waals surface area contributed by atoms with Crippen LogP contribution >= 0.6 is 39.9 Å². The fraction of sp³-hybridized carbons (Fsp3) is 0.294. The maximum Gasteiger partial charge on any atom is 0.191 e. The first-order valence-electron chi connectivity index (χ1n) is 7.55. The normalized spacial score (nSPS) is 10.9. The quantitative estimate of drug-likeness (QED) is 0.355. The van der Waals surface area contributed by atoms with Crippen molar-refractivity contribution >= 4 is 45.9 Å². The minimum atomic E-state index is -0.189. The molecular formula is C17H21BrFIN4. The van der Waals surface area contributed by atoms with Gasteiger partial charge in [0.15, 0.2) is 5.96 Å². The van der Waals surface area contributed by atoms with Crippen molar-refractivity contribution < 1.29 is 4.39 Å². The van der Waals surface area contributed by atoms with Crippen LogP contribution in [0, 0.1) is 5.82 Å². The maximum absolute atomic E-state index is 13.7. The molecule has 1 heterocycles. The van der Waals surface area contributed by atoms with Gasteiger partial charge in [0.05, 0.1) is 12.2 Å². The number of rotatable bonds is 6. The standard InChI is InChI=1S/C17H20BrFN4.HI/c1-2-20-17(23-12-15-5-3-4-9-21-15)22-10-8-13-11-14(18)6-7-16(13)19;/h3-7,9,11H,2,8,10,12H2,1H3,(H2,20,22,23);1H. The molecule has 2 rings (SSSR count). The summed E-state index contributed by atoms with van der Waals surface area (Å²) in [7, 11) is 0. The van der Waals surface area contributed by atoms with Crippen molar-refractivity contribution in [2.45, 2.75) is 19.9 Å². The van der Waals surface area contributed by atoms with Gasteiger partial charge in [0.2, 0.25) is 0 Å². The molecule has 0 amide bonds. The third kappa shape index (κ3) is 7.12. The topological polar surface area (TPSA) is 49.3 Å². The lowest BCUT2D eigenvalue weighted by molar-refractivity contribution is 0.606. The summed E-state index contributed by atoms with van der Waals surface area (Å²) in [5, 5.41) is 6.39. The first kappa shape index (κ1) is 20.8. The molecule has 24 heavy (non-hydrogen) atoms. The number of benzene rings is 1. The van der Waals surface area contributed by atoms with E-state index in [4.69, 9.17) is 0 Å². The van der Waals surface area contributed by atoms with Crippen molar-refractivity contribution in [2.24, 2.45) is 4.99 Å². The molecule has 0 saturated carbocycles. The largest absolute Gasteiger partial charge is 0.357 e. The van der Waals surface area contributed by atoms with Gasteiger partial charge in [-0.3, -0.25) is 4.98 Å². The molecule has 1 aromatic heterocycles. The number of nitrogens with zero attached hydrogens (tertiary/aromatic N) is 2. The van der Waals surface area contributed by atoms with Crippen molar-refractivity contribution in [3.8, 4) is 0 Å². The molecule has 0 atom stereocenters. The highest BCUT2D eigenvalue weighted by molar-refractivity contribution is 14.0. The molecule has 0 unspecified atom stereocenters.